The van der Waals surface area contributed by atoms with Crippen LogP contribution in [0.25, 0.3) is 0 Å². The van der Waals surface area contributed by atoms with Gasteiger partial charge >= 0.3 is 0 Å². The minimum atomic E-state index is -0.346. The minimum absolute atomic E-state index is 0.0709. The summed E-state index contributed by atoms with van der Waals surface area (Å²) in [5.41, 5.74) is 4.53. The maximum absolute atomic E-state index is 12.6. The molecule has 5 nitrogen and oxygen atoms in total. The SMILES string of the molecule is CCOc1cc2c(c([C@H]3NC(=O)c4c(C)cccc4N3)c1)O[C@H](C)C2. The molecule has 0 fully saturated rings. The molecule has 0 aromatic heterocycles. The number of benzene rings is 2. The van der Waals surface area contributed by atoms with E-state index >= 15 is 0 Å². The van der Waals surface area contributed by atoms with Crippen LogP contribution in [0.15, 0.2) is 30.3 Å². The smallest absolute Gasteiger partial charge is 0.255 e. The van der Waals surface area contributed by atoms with Gasteiger partial charge in [0.15, 0.2) is 0 Å². The average Bonchev–Trinajstić information content (AvgIpc) is 2.94. The van der Waals surface area contributed by atoms with Gasteiger partial charge in [-0.2, -0.15) is 0 Å². The zero-order valence-corrected chi connectivity index (χ0v) is 14.7. The van der Waals surface area contributed by atoms with Gasteiger partial charge in [0.1, 0.15) is 23.8 Å². The van der Waals surface area contributed by atoms with Gasteiger partial charge in [0.2, 0.25) is 0 Å². The molecule has 0 radical (unpaired) electrons. The molecule has 0 bridgehead atoms. The molecule has 2 aromatic rings. The van der Waals surface area contributed by atoms with Crippen LogP contribution in [0.3, 0.4) is 0 Å². The van der Waals surface area contributed by atoms with E-state index in [2.05, 4.69) is 17.6 Å². The van der Waals surface area contributed by atoms with Crippen molar-refractivity contribution in [2.75, 3.05) is 11.9 Å². The third-order valence-electron chi connectivity index (χ3n) is 4.69. The second-order valence-corrected chi connectivity index (χ2v) is 6.61. The Balaban J connectivity index is 1.77. The van der Waals surface area contributed by atoms with Crippen molar-refractivity contribution >= 4 is 11.6 Å². The first-order valence-corrected chi connectivity index (χ1v) is 8.70. The third kappa shape index (κ3) is 2.69. The number of aryl methyl sites for hydroxylation is 1. The van der Waals surface area contributed by atoms with E-state index in [9.17, 15) is 4.79 Å². The lowest BCUT2D eigenvalue weighted by molar-refractivity contribution is 0.0934. The highest BCUT2D eigenvalue weighted by molar-refractivity contribution is 6.03. The summed E-state index contributed by atoms with van der Waals surface area (Å²) in [6.07, 6.45) is 0.625. The standard InChI is InChI=1S/C20H22N2O3/c1-4-24-14-9-13-8-12(3)25-18(13)15(10-14)19-21-16-7-5-6-11(2)17(16)20(23)22-19/h5-7,9-10,12,19,21H,4,8H2,1-3H3,(H,22,23)/t12-,19-/m1/s1. The van der Waals surface area contributed by atoms with E-state index in [1.54, 1.807) is 0 Å². The summed E-state index contributed by atoms with van der Waals surface area (Å²) >= 11 is 0. The van der Waals surface area contributed by atoms with Crippen LogP contribution in [-0.2, 0) is 6.42 Å². The molecule has 0 saturated heterocycles. The fourth-order valence-corrected chi connectivity index (χ4v) is 3.64. The van der Waals surface area contributed by atoms with Crippen LogP contribution in [0, 0.1) is 6.92 Å². The third-order valence-corrected chi connectivity index (χ3v) is 4.69. The van der Waals surface area contributed by atoms with Crippen molar-refractivity contribution in [3.8, 4) is 11.5 Å². The Morgan fingerprint density at radius 2 is 2.12 bits per heavy atom. The number of carbonyl (C=O) groups excluding carboxylic acids is 1. The van der Waals surface area contributed by atoms with Crippen molar-refractivity contribution in [2.24, 2.45) is 0 Å². The number of carbonyl (C=O) groups is 1. The first kappa shape index (κ1) is 15.8. The monoisotopic (exact) mass is 338 g/mol. The van der Waals surface area contributed by atoms with Gasteiger partial charge in [0.05, 0.1) is 12.2 Å². The number of hydrogen-bond donors (Lipinski definition) is 2. The van der Waals surface area contributed by atoms with Crippen molar-refractivity contribution in [3.63, 3.8) is 0 Å². The summed E-state index contributed by atoms with van der Waals surface area (Å²) < 4.78 is 11.7. The van der Waals surface area contributed by atoms with E-state index in [1.165, 1.54) is 0 Å². The zero-order valence-electron chi connectivity index (χ0n) is 14.7. The van der Waals surface area contributed by atoms with Crippen LogP contribution in [0.2, 0.25) is 0 Å². The molecule has 5 heteroatoms. The van der Waals surface area contributed by atoms with Crippen LogP contribution in [-0.4, -0.2) is 18.6 Å². The molecule has 0 saturated carbocycles. The molecule has 0 spiro atoms. The Bertz CT molecular complexity index is 847. The van der Waals surface area contributed by atoms with E-state index < -0.39 is 0 Å². The summed E-state index contributed by atoms with van der Waals surface area (Å²) in [4.78, 5) is 12.6. The first-order valence-electron chi connectivity index (χ1n) is 8.70. The number of anilines is 1. The van der Waals surface area contributed by atoms with E-state index in [0.29, 0.717) is 12.2 Å². The molecule has 2 heterocycles. The van der Waals surface area contributed by atoms with Crippen LogP contribution < -0.4 is 20.1 Å². The van der Waals surface area contributed by atoms with Crippen LogP contribution in [0.5, 0.6) is 11.5 Å². The van der Waals surface area contributed by atoms with Crippen molar-refractivity contribution in [2.45, 2.75) is 39.5 Å². The molecule has 1 amide bonds. The molecule has 2 atom stereocenters. The van der Waals surface area contributed by atoms with Gasteiger partial charge in [-0.15, -0.1) is 0 Å². The number of nitrogens with one attached hydrogen (secondary N) is 2. The summed E-state index contributed by atoms with van der Waals surface area (Å²) in [5, 5.41) is 6.49. The molecular weight excluding hydrogens is 316 g/mol. The predicted octanol–water partition coefficient (Wildman–Crippen LogP) is 3.57. The van der Waals surface area contributed by atoms with E-state index in [1.807, 2.05) is 44.2 Å². The van der Waals surface area contributed by atoms with Gasteiger partial charge in [-0.05, 0) is 44.5 Å². The maximum Gasteiger partial charge on any atom is 0.255 e. The van der Waals surface area contributed by atoms with E-state index in [0.717, 1.165) is 40.3 Å². The largest absolute Gasteiger partial charge is 0.494 e. The fourth-order valence-electron chi connectivity index (χ4n) is 3.64. The summed E-state index contributed by atoms with van der Waals surface area (Å²) in [6, 6.07) is 9.83. The van der Waals surface area contributed by atoms with Gasteiger partial charge in [0.25, 0.3) is 5.91 Å². The summed E-state index contributed by atoms with van der Waals surface area (Å²) in [7, 11) is 0. The van der Waals surface area contributed by atoms with E-state index in [4.69, 9.17) is 9.47 Å². The number of hydrogen-bond acceptors (Lipinski definition) is 4. The lowest BCUT2D eigenvalue weighted by atomic mass is 9.99. The Kier molecular flexibility index (Phi) is 3.79. The molecule has 2 aliphatic heterocycles. The molecule has 0 aliphatic carbocycles. The molecule has 2 aromatic carbocycles. The van der Waals surface area contributed by atoms with Crippen molar-refractivity contribution < 1.29 is 14.3 Å². The van der Waals surface area contributed by atoms with Gasteiger partial charge in [-0.3, -0.25) is 4.79 Å². The fraction of sp³-hybridized carbons (Fsp3) is 0.350. The lowest BCUT2D eigenvalue weighted by Crippen LogP contribution is -2.39. The van der Waals surface area contributed by atoms with Crippen molar-refractivity contribution in [3.05, 3.63) is 52.6 Å². The van der Waals surface area contributed by atoms with Crippen LogP contribution in [0.4, 0.5) is 5.69 Å². The van der Waals surface area contributed by atoms with E-state index in [-0.39, 0.29) is 18.2 Å². The highest BCUT2D eigenvalue weighted by Gasteiger charge is 2.32. The molecule has 0 unspecified atom stereocenters. The van der Waals surface area contributed by atoms with Gasteiger partial charge in [-0.25, -0.2) is 0 Å². The first-order chi connectivity index (χ1) is 12.1. The summed E-state index contributed by atoms with van der Waals surface area (Å²) in [5.74, 6) is 1.59. The second kappa shape index (κ2) is 5.99. The van der Waals surface area contributed by atoms with Gasteiger partial charge < -0.3 is 20.1 Å². The number of rotatable bonds is 3. The number of ether oxygens (including phenoxy) is 2. The Morgan fingerprint density at radius 3 is 2.92 bits per heavy atom. The Hall–Kier alpha value is -2.69. The molecule has 2 aliphatic rings. The quantitative estimate of drug-likeness (QED) is 0.898. The lowest BCUT2D eigenvalue weighted by Gasteiger charge is -2.30. The highest BCUT2D eigenvalue weighted by atomic mass is 16.5. The maximum atomic E-state index is 12.6. The molecule has 4 rings (SSSR count). The summed E-state index contributed by atoms with van der Waals surface area (Å²) in [6.45, 7) is 6.56. The second-order valence-electron chi connectivity index (χ2n) is 6.61. The minimum Gasteiger partial charge on any atom is -0.494 e. The Morgan fingerprint density at radius 1 is 1.28 bits per heavy atom. The van der Waals surface area contributed by atoms with Crippen molar-refractivity contribution in [1.29, 1.82) is 0 Å². The van der Waals surface area contributed by atoms with Crippen LogP contribution in [0.1, 0.15) is 47.1 Å². The predicted molar refractivity (Wildman–Crippen MR) is 96.4 cm³/mol. The Labute approximate surface area is 147 Å². The normalized spacial score (nSPS) is 20.8. The zero-order chi connectivity index (χ0) is 17.6. The average molecular weight is 338 g/mol. The molecule has 2 N–H and O–H groups in total. The van der Waals surface area contributed by atoms with Gasteiger partial charge in [0, 0.05) is 23.2 Å². The molecular formula is C20H22N2O3. The van der Waals surface area contributed by atoms with Crippen molar-refractivity contribution in [1.82, 2.24) is 5.32 Å². The highest BCUT2D eigenvalue weighted by Crippen LogP contribution is 2.41. The molecule has 130 valence electrons. The van der Waals surface area contributed by atoms with Crippen LogP contribution >= 0.6 is 0 Å². The van der Waals surface area contributed by atoms with Gasteiger partial charge in [-0.1, -0.05) is 12.1 Å². The molecule has 25 heavy (non-hydrogen) atoms. The topological polar surface area (TPSA) is 59.6 Å². The number of amides is 1. The number of fused-ring (bicyclic) bond motifs is 2.